The second-order valence-electron chi connectivity index (χ2n) is 2.22. The van der Waals surface area contributed by atoms with Crippen LogP contribution in [0.4, 0.5) is 0 Å². The van der Waals surface area contributed by atoms with Crippen LogP contribution in [0.2, 0.25) is 0 Å². The first-order chi connectivity index (χ1) is 3.80. The number of rotatable bonds is 0. The maximum Gasteiger partial charge on any atom is 0.0324 e. The van der Waals surface area contributed by atoms with E-state index in [1.54, 1.807) is 0 Å². The maximum atomic E-state index is 3.07. The van der Waals surface area contributed by atoms with Crippen LogP contribution in [0.15, 0.2) is 17.9 Å². The van der Waals surface area contributed by atoms with Crippen LogP contribution in [0.25, 0.3) is 0 Å². The summed E-state index contributed by atoms with van der Waals surface area (Å²) in [4.78, 5) is 2.26. The molecule has 0 radical (unpaired) electrons. The summed E-state index contributed by atoms with van der Waals surface area (Å²) in [5.41, 5.74) is 3.07. The topological polar surface area (TPSA) is 3.24 Å². The van der Waals surface area contributed by atoms with Crippen molar-refractivity contribution in [3.63, 3.8) is 0 Å². The predicted octanol–water partition coefficient (Wildman–Crippen LogP) is 1.03. The molecule has 0 saturated carbocycles. The minimum Gasteiger partial charge on any atom is -0.295 e. The Kier molecular flexibility index (Phi) is 1.52. The Morgan fingerprint density at radius 2 is 2.50 bits per heavy atom. The number of hydrogen-bond donors (Lipinski definition) is 0. The van der Waals surface area contributed by atoms with Gasteiger partial charge in [0.15, 0.2) is 0 Å². The SMILES string of the molecule is CC1C=C=CCN1C. The zero-order valence-corrected chi connectivity index (χ0v) is 5.39. The average molecular weight is 109 g/mol. The van der Waals surface area contributed by atoms with Gasteiger partial charge in [0.1, 0.15) is 0 Å². The molecular formula is C7H11N. The lowest BCUT2D eigenvalue weighted by atomic mass is 10.2. The normalized spacial score (nSPS) is 29.0. The van der Waals surface area contributed by atoms with Crippen molar-refractivity contribution >= 4 is 0 Å². The number of nitrogens with zero attached hydrogens (tertiary/aromatic N) is 1. The minimum absolute atomic E-state index is 0.569. The molecule has 1 atom stereocenters. The first-order valence-electron chi connectivity index (χ1n) is 2.92. The van der Waals surface area contributed by atoms with Gasteiger partial charge in [0.25, 0.3) is 0 Å². The zero-order valence-electron chi connectivity index (χ0n) is 5.39. The van der Waals surface area contributed by atoms with Crippen molar-refractivity contribution in [3.8, 4) is 0 Å². The van der Waals surface area contributed by atoms with Gasteiger partial charge in [-0.25, -0.2) is 0 Å². The zero-order chi connectivity index (χ0) is 5.98. The fraction of sp³-hybridized carbons (Fsp3) is 0.571. The molecule has 1 aliphatic heterocycles. The van der Waals surface area contributed by atoms with Gasteiger partial charge in [-0.1, -0.05) is 0 Å². The number of hydrogen-bond acceptors (Lipinski definition) is 1. The van der Waals surface area contributed by atoms with Crippen LogP contribution < -0.4 is 0 Å². The van der Waals surface area contributed by atoms with Gasteiger partial charge in [0, 0.05) is 12.6 Å². The summed E-state index contributed by atoms with van der Waals surface area (Å²) >= 11 is 0. The monoisotopic (exact) mass is 109 g/mol. The van der Waals surface area contributed by atoms with Crippen molar-refractivity contribution in [2.75, 3.05) is 13.6 Å². The fourth-order valence-electron chi connectivity index (χ4n) is 0.698. The predicted molar refractivity (Wildman–Crippen MR) is 34.7 cm³/mol. The molecular weight excluding hydrogens is 98.1 g/mol. The first-order valence-corrected chi connectivity index (χ1v) is 2.92. The molecule has 0 saturated heterocycles. The smallest absolute Gasteiger partial charge is 0.0324 e. The van der Waals surface area contributed by atoms with Gasteiger partial charge in [-0.05, 0) is 26.1 Å². The van der Waals surface area contributed by atoms with Crippen LogP contribution in [-0.2, 0) is 0 Å². The van der Waals surface area contributed by atoms with Gasteiger partial charge in [-0.15, -0.1) is 5.73 Å². The van der Waals surface area contributed by atoms with E-state index in [0.29, 0.717) is 6.04 Å². The van der Waals surface area contributed by atoms with E-state index in [9.17, 15) is 0 Å². The van der Waals surface area contributed by atoms with Gasteiger partial charge < -0.3 is 0 Å². The Balaban J connectivity index is 2.62. The number of likely N-dealkylation sites (N-methyl/N-ethyl adjacent to an activating group) is 1. The highest BCUT2D eigenvalue weighted by Gasteiger charge is 2.04. The molecule has 0 aromatic heterocycles. The Morgan fingerprint density at radius 1 is 1.75 bits per heavy atom. The summed E-state index contributed by atoms with van der Waals surface area (Å²) in [5.74, 6) is 0. The largest absolute Gasteiger partial charge is 0.295 e. The maximum absolute atomic E-state index is 3.07. The van der Waals surface area contributed by atoms with Gasteiger partial charge in [-0.2, -0.15) is 0 Å². The van der Waals surface area contributed by atoms with E-state index in [1.165, 1.54) is 0 Å². The van der Waals surface area contributed by atoms with E-state index in [4.69, 9.17) is 0 Å². The molecule has 44 valence electrons. The lowest BCUT2D eigenvalue weighted by Gasteiger charge is -2.20. The minimum atomic E-state index is 0.569. The third-order valence-corrected chi connectivity index (χ3v) is 1.53. The summed E-state index contributed by atoms with van der Waals surface area (Å²) in [6.45, 7) is 3.21. The van der Waals surface area contributed by atoms with Gasteiger partial charge >= 0.3 is 0 Å². The lowest BCUT2D eigenvalue weighted by Crippen LogP contribution is -2.28. The van der Waals surface area contributed by atoms with Crippen molar-refractivity contribution in [2.45, 2.75) is 13.0 Å². The van der Waals surface area contributed by atoms with Crippen molar-refractivity contribution in [2.24, 2.45) is 0 Å². The van der Waals surface area contributed by atoms with E-state index in [2.05, 4.69) is 30.7 Å². The van der Waals surface area contributed by atoms with Crippen molar-refractivity contribution in [1.29, 1.82) is 0 Å². The van der Waals surface area contributed by atoms with E-state index in [1.807, 2.05) is 6.08 Å². The van der Waals surface area contributed by atoms with Gasteiger partial charge in [0.2, 0.25) is 0 Å². The second-order valence-corrected chi connectivity index (χ2v) is 2.22. The fourth-order valence-corrected chi connectivity index (χ4v) is 0.698. The Labute approximate surface area is 50.3 Å². The molecule has 0 aliphatic carbocycles. The quantitative estimate of drug-likeness (QED) is 0.420. The van der Waals surface area contributed by atoms with Crippen LogP contribution in [0.5, 0.6) is 0 Å². The van der Waals surface area contributed by atoms with Gasteiger partial charge in [0.05, 0.1) is 0 Å². The molecule has 0 aromatic rings. The summed E-state index contributed by atoms with van der Waals surface area (Å²) in [6, 6.07) is 0.569. The molecule has 1 rings (SSSR count). The molecule has 1 heterocycles. The first kappa shape index (κ1) is 5.61. The van der Waals surface area contributed by atoms with Crippen molar-refractivity contribution in [1.82, 2.24) is 4.90 Å². The second kappa shape index (κ2) is 2.17. The molecule has 8 heavy (non-hydrogen) atoms. The molecule has 0 fully saturated rings. The average Bonchev–Trinajstić information content (AvgIpc) is 1.77. The standard InChI is InChI=1S/C7H11N/c1-7-5-3-4-6-8(7)2/h4-5,7H,6H2,1-2H3. The Hall–Kier alpha value is -0.520. The van der Waals surface area contributed by atoms with Crippen LogP contribution in [0.3, 0.4) is 0 Å². The molecule has 0 spiro atoms. The highest BCUT2D eigenvalue weighted by atomic mass is 15.1. The molecule has 1 aliphatic rings. The highest BCUT2D eigenvalue weighted by molar-refractivity contribution is 4.99. The molecule has 1 heteroatoms. The summed E-state index contributed by atoms with van der Waals surface area (Å²) in [5, 5.41) is 0. The third kappa shape index (κ3) is 1.00. The van der Waals surface area contributed by atoms with Crippen LogP contribution >= 0.6 is 0 Å². The summed E-state index contributed by atoms with van der Waals surface area (Å²) < 4.78 is 0. The lowest BCUT2D eigenvalue weighted by molar-refractivity contribution is 0.324. The van der Waals surface area contributed by atoms with Crippen molar-refractivity contribution in [3.05, 3.63) is 17.9 Å². The van der Waals surface area contributed by atoms with Gasteiger partial charge in [-0.3, -0.25) is 4.90 Å². The Morgan fingerprint density at radius 3 is 2.88 bits per heavy atom. The molecule has 1 unspecified atom stereocenters. The van der Waals surface area contributed by atoms with E-state index < -0.39 is 0 Å². The van der Waals surface area contributed by atoms with Crippen LogP contribution in [0.1, 0.15) is 6.92 Å². The summed E-state index contributed by atoms with van der Waals surface area (Å²) in [7, 11) is 2.11. The highest BCUT2D eigenvalue weighted by Crippen LogP contribution is 1.99. The van der Waals surface area contributed by atoms with Crippen LogP contribution in [0, 0.1) is 0 Å². The molecule has 0 amide bonds. The van der Waals surface area contributed by atoms with E-state index in [-0.39, 0.29) is 0 Å². The molecule has 1 nitrogen and oxygen atoms in total. The van der Waals surface area contributed by atoms with E-state index >= 15 is 0 Å². The van der Waals surface area contributed by atoms with Crippen molar-refractivity contribution < 1.29 is 0 Å². The Bertz CT molecular complexity index is 131. The third-order valence-electron chi connectivity index (χ3n) is 1.53. The van der Waals surface area contributed by atoms with E-state index in [0.717, 1.165) is 6.54 Å². The molecule has 0 bridgehead atoms. The van der Waals surface area contributed by atoms with Crippen LogP contribution in [-0.4, -0.2) is 24.5 Å². The molecule has 0 N–H and O–H groups in total. The summed E-state index contributed by atoms with van der Waals surface area (Å²) in [6.07, 6.45) is 4.11. The molecule has 0 aromatic carbocycles.